The van der Waals surface area contributed by atoms with Gasteiger partial charge in [-0.3, -0.25) is 4.68 Å². The van der Waals surface area contributed by atoms with Crippen LogP contribution in [0.2, 0.25) is 0 Å². The maximum absolute atomic E-state index is 4.42. The Hall–Kier alpha value is -2.53. The molecule has 27 heavy (non-hydrogen) atoms. The van der Waals surface area contributed by atoms with E-state index in [2.05, 4.69) is 57.6 Å². The molecule has 2 aromatic rings. The summed E-state index contributed by atoms with van der Waals surface area (Å²) >= 11 is 0. The zero-order valence-electron chi connectivity index (χ0n) is 15.8. The van der Waals surface area contributed by atoms with Crippen LogP contribution in [0, 0.1) is 0 Å². The first kappa shape index (κ1) is 16.6. The van der Waals surface area contributed by atoms with Crippen LogP contribution in [0.1, 0.15) is 35.6 Å². The molecule has 5 nitrogen and oxygen atoms in total. The minimum absolute atomic E-state index is 0.398. The molecule has 1 saturated heterocycles. The van der Waals surface area contributed by atoms with Crippen LogP contribution in [-0.2, 0) is 13.5 Å². The van der Waals surface area contributed by atoms with Crippen molar-refractivity contribution in [1.82, 2.24) is 20.4 Å². The number of aromatic nitrogens is 2. The Morgan fingerprint density at radius 1 is 1.22 bits per heavy atom. The minimum atomic E-state index is 0.398. The van der Waals surface area contributed by atoms with E-state index < -0.39 is 0 Å². The molecule has 0 radical (unpaired) electrons. The van der Waals surface area contributed by atoms with Gasteiger partial charge in [0.15, 0.2) is 0 Å². The fourth-order valence-electron chi connectivity index (χ4n) is 4.47. The first-order valence-corrected chi connectivity index (χ1v) is 10.0. The highest BCUT2D eigenvalue weighted by molar-refractivity contribution is 5.60. The second-order valence-electron chi connectivity index (χ2n) is 7.84. The summed E-state index contributed by atoms with van der Waals surface area (Å²) in [5.41, 5.74) is 5.23. The fraction of sp³-hybridized carbons (Fsp3) is 0.409. The Bertz CT molecular complexity index is 994. The van der Waals surface area contributed by atoms with Gasteiger partial charge in [0.2, 0.25) is 0 Å². The number of allylic oxidation sites excluding steroid dienone is 1. The van der Waals surface area contributed by atoms with Gasteiger partial charge in [-0.15, -0.1) is 0 Å². The smallest absolute Gasteiger partial charge is 0.0564 e. The van der Waals surface area contributed by atoms with Crippen molar-refractivity contribution >= 4 is 24.0 Å². The molecule has 3 N–H and O–H groups in total. The predicted molar refractivity (Wildman–Crippen MR) is 111 cm³/mol. The van der Waals surface area contributed by atoms with Crippen LogP contribution in [0.25, 0.3) is 18.4 Å². The summed E-state index contributed by atoms with van der Waals surface area (Å²) < 4.78 is 2.02. The lowest BCUT2D eigenvalue weighted by Gasteiger charge is -2.26. The number of rotatable bonds is 3. The third kappa shape index (κ3) is 3.16. The quantitative estimate of drug-likeness (QED) is 0.765. The average molecular weight is 361 g/mol. The summed E-state index contributed by atoms with van der Waals surface area (Å²) in [5.74, 6) is 0.398. The highest BCUT2D eigenvalue weighted by Gasteiger charge is 2.21. The topological polar surface area (TPSA) is 53.9 Å². The second kappa shape index (κ2) is 6.89. The summed E-state index contributed by atoms with van der Waals surface area (Å²) in [5, 5.41) is 17.7. The molecular weight excluding hydrogens is 334 g/mol. The number of piperidine rings is 1. The molecule has 2 aliphatic heterocycles. The van der Waals surface area contributed by atoms with Gasteiger partial charge in [0.25, 0.3) is 0 Å². The van der Waals surface area contributed by atoms with E-state index in [4.69, 9.17) is 0 Å². The maximum Gasteiger partial charge on any atom is 0.0564 e. The molecule has 3 aliphatic rings. The monoisotopic (exact) mass is 361 g/mol. The van der Waals surface area contributed by atoms with Gasteiger partial charge in [-0.2, -0.15) is 5.10 Å². The molecule has 1 aromatic heterocycles. The summed E-state index contributed by atoms with van der Waals surface area (Å²) in [6.07, 6.45) is 14.4. The van der Waals surface area contributed by atoms with E-state index in [0.29, 0.717) is 12.0 Å². The van der Waals surface area contributed by atoms with Crippen LogP contribution in [-0.4, -0.2) is 35.5 Å². The predicted octanol–water partition coefficient (Wildman–Crippen LogP) is 1.06. The lowest BCUT2D eigenvalue weighted by molar-refractivity contribution is 0.479. The average Bonchev–Trinajstić information content (AvgIpc) is 3.09. The number of hydrogen-bond acceptors (Lipinski definition) is 4. The standard InChI is InChI=1S/C22H27N5/c1-27-22-12-15(2-3-17(22)13-25-27)18-10-16-4-7-24-14-20(16)21(11-18)26-19-5-8-23-9-6-19/h2-4,10-11,13-15,19,23-24,26H,5-9,12H2,1H3. The van der Waals surface area contributed by atoms with Crippen molar-refractivity contribution in [2.75, 3.05) is 25.0 Å². The molecule has 1 unspecified atom stereocenters. The molecule has 0 spiro atoms. The molecule has 0 bridgehead atoms. The van der Waals surface area contributed by atoms with E-state index in [1.165, 1.54) is 45.8 Å². The number of aryl methyl sites for hydroxylation is 1. The van der Waals surface area contributed by atoms with E-state index in [1.807, 2.05) is 17.9 Å². The first-order chi connectivity index (χ1) is 13.3. The lowest BCUT2D eigenvalue weighted by atomic mass is 9.87. The molecule has 1 fully saturated rings. The van der Waals surface area contributed by atoms with Gasteiger partial charge < -0.3 is 16.0 Å². The van der Waals surface area contributed by atoms with Crippen molar-refractivity contribution in [2.24, 2.45) is 7.05 Å². The zero-order valence-corrected chi connectivity index (χ0v) is 15.8. The molecule has 0 amide bonds. The minimum Gasteiger partial charge on any atom is -0.387 e. The molecule has 5 heteroatoms. The zero-order chi connectivity index (χ0) is 18.2. The van der Waals surface area contributed by atoms with Crippen LogP contribution in [0.15, 0.2) is 24.4 Å². The Morgan fingerprint density at radius 3 is 3.00 bits per heavy atom. The summed E-state index contributed by atoms with van der Waals surface area (Å²) in [4.78, 5) is 0. The van der Waals surface area contributed by atoms with Crippen molar-refractivity contribution in [3.63, 3.8) is 0 Å². The van der Waals surface area contributed by atoms with Gasteiger partial charge in [-0.25, -0.2) is 0 Å². The van der Waals surface area contributed by atoms with Crippen LogP contribution >= 0.6 is 0 Å². The van der Waals surface area contributed by atoms with Gasteiger partial charge in [0.05, 0.1) is 6.20 Å². The Kier molecular flexibility index (Phi) is 4.24. The molecule has 1 aliphatic carbocycles. The van der Waals surface area contributed by atoms with Crippen molar-refractivity contribution in [2.45, 2.75) is 31.2 Å². The molecule has 0 saturated carbocycles. The van der Waals surface area contributed by atoms with Gasteiger partial charge in [-0.1, -0.05) is 24.3 Å². The van der Waals surface area contributed by atoms with E-state index in [1.54, 1.807) is 0 Å². The molecule has 3 heterocycles. The number of anilines is 1. The van der Waals surface area contributed by atoms with Crippen LogP contribution in [0.4, 0.5) is 5.69 Å². The number of benzene rings is 1. The van der Waals surface area contributed by atoms with E-state index in [9.17, 15) is 0 Å². The number of fused-ring (bicyclic) bond motifs is 2. The lowest BCUT2D eigenvalue weighted by Crippen LogP contribution is -2.40. The largest absolute Gasteiger partial charge is 0.387 e. The maximum atomic E-state index is 4.42. The Labute approximate surface area is 159 Å². The number of nitrogens with one attached hydrogen (secondary N) is 3. The van der Waals surface area contributed by atoms with Crippen LogP contribution < -0.4 is 26.4 Å². The van der Waals surface area contributed by atoms with E-state index in [0.717, 1.165) is 26.1 Å². The number of nitrogens with zero attached hydrogens (tertiary/aromatic N) is 2. The summed E-state index contributed by atoms with van der Waals surface area (Å²) in [7, 11) is 2.04. The van der Waals surface area contributed by atoms with Gasteiger partial charge in [0.1, 0.15) is 0 Å². The highest BCUT2D eigenvalue weighted by Crippen LogP contribution is 2.30. The molecule has 5 rings (SSSR count). The van der Waals surface area contributed by atoms with Crippen LogP contribution in [0.3, 0.4) is 0 Å². The van der Waals surface area contributed by atoms with Gasteiger partial charge >= 0.3 is 0 Å². The second-order valence-corrected chi connectivity index (χ2v) is 7.84. The number of hydrogen-bond donors (Lipinski definition) is 3. The first-order valence-electron chi connectivity index (χ1n) is 10.0. The third-order valence-corrected chi connectivity index (χ3v) is 6.06. The Morgan fingerprint density at radius 2 is 2.11 bits per heavy atom. The van der Waals surface area contributed by atoms with Crippen molar-refractivity contribution < 1.29 is 0 Å². The summed E-state index contributed by atoms with van der Waals surface area (Å²) in [6, 6.07) is 5.29. The Balaban J connectivity index is 1.52. The van der Waals surface area contributed by atoms with Gasteiger partial charge in [-0.05, 0) is 42.8 Å². The summed E-state index contributed by atoms with van der Waals surface area (Å²) in [6.45, 7) is 3.10. The van der Waals surface area contributed by atoms with Crippen LogP contribution in [0.5, 0.6) is 0 Å². The third-order valence-electron chi connectivity index (χ3n) is 6.06. The molecule has 1 atom stereocenters. The van der Waals surface area contributed by atoms with Gasteiger partial charge in [0, 0.05) is 60.3 Å². The SMILES string of the molecule is Cn1ncc2c1CC(c1cc(NC3CCNCC3)c3c(c1)=CCNC=3)C=C2. The highest BCUT2D eigenvalue weighted by atomic mass is 15.3. The van der Waals surface area contributed by atoms with Crippen molar-refractivity contribution in [1.29, 1.82) is 0 Å². The van der Waals surface area contributed by atoms with Crippen molar-refractivity contribution in [3.05, 3.63) is 51.7 Å². The fourth-order valence-corrected chi connectivity index (χ4v) is 4.47. The molecular formula is C22H27N5. The van der Waals surface area contributed by atoms with Crippen molar-refractivity contribution in [3.8, 4) is 0 Å². The van der Waals surface area contributed by atoms with E-state index in [-0.39, 0.29) is 0 Å². The molecule has 140 valence electrons. The normalized spacial score (nSPS) is 21.4. The van der Waals surface area contributed by atoms with E-state index >= 15 is 0 Å². The molecule has 1 aromatic carbocycles.